The van der Waals surface area contributed by atoms with Crippen LogP contribution in [-0.2, 0) is 14.3 Å². The van der Waals surface area contributed by atoms with E-state index in [-0.39, 0.29) is 6.61 Å². The summed E-state index contributed by atoms with van der Waals surface area (Å²) in [7, 11) is 1.57. The van der Waals surface area contributed by atoms with Crippen LogP contribution < -0.4 is 4.74 Å². The number of aliphatic imine (C=N–C) groups is 1. The second-order valence-electron chi connectivity index (χ2n) is 4.12. The Labute approximate surface area is 122 Å². The van der Waals surface area contributed by atoms with Gasteiger partial charge in [0.1, 0.15) is 11.8 Å². The van der Waals surface area contributed by atoms with Crippen molar-refractivity contribution in [3.63, 3.8) is 0 Å². The Balaban J connectivity index is 2.36. The van der Waals surface area contributed by atoms with Crippen molar-refractivity contribution in [1.29, 1.82) is 5.26 Å². The summed E-state index contributed by atoms with van der Waals surface area (Å²) < 4.78 is 15.0. The van der Waals surface area contributed by atoms with Crippen molar-refractivity contribution in [3.8, 4) is 11.8 Å². The minimum atomic E-state index is -1.99. The number of carbonyl (C=O) groups is 1. The smallest absolute Gasteiger partial charge is 0.390 e. The van der Waals surface area contributed by atoms with Gasteiger partial charge in [-0.15, -0.1) is 0 Å². The molecule has 2 rings (SSSR count). The van der Waals surface area contributed by atoms with Crippen LogP contribution in [0, 0.1) is 11.3 Å². The monoisotopic (exact) mass is 286 g/mol. The quantitative estimate of drug-likeness (QED) is 0.788. The fourth-order valence-electron chi connectivity index (χ4n) is 1.77. The highest BCUT2D eigenvalue weighted by Crippen LogP contribution is 2.22. The molecule has 1 aliphatic heterocycles. The van der Waals surface area contributed by atoms with Gasteiger partial charge in [0.25, 0.3) is 0 Å². The van der Waals surface area contributed by atoms with E-state index in [1.807, 2.05) is 0 Å². The van der Waals surface area contributed by atoms with Gasteiger partial charge in [-0.25, -0.2) is 9.79 Å². The van der Waals surface area contributed by atoms with Crippen LogP contribution in [0.2, 0.25) is 0 Å². The number of allylic oxidation sites excluding steroid dienone is 1. The van der Waals surface area contributed by atoms with E-state index in [1.165, 1.54) is 6.26 Å². The van der Waals surface area contributed by atoms with E-state index in [4.69, 9.17) is 14.2 Å². The predicted octanol–water partition coefficient (Wildman–Crippen LogP) is 1.81. The van der Waals surface area contributed by atoms with Crippen LogP contribution in [0.4, 0.5) is 0 Å². The minimum Gasteiger partial charge on any atom is -0.497 e. The predicted molar refractivity (Wildman–Crippen MR) is 74.7 cm³/mol. The summed E-state index contributed by atoms with van der Waals surface area (Å²) in [6.45, 7) is 1.79. The molecule has 0 saturated heterocycles. The normalized spacial score (nSPS) is 20.0. The van der Waals surface area contributed by atoms with Crippen molar-refractivity contribution in [2.24, 2.45) is 4.99 Å². The third-order valence-corrected chi connectivity index (χ3v) is 2.83. The molecule has 0 aromatic heterocycles. The SMILES string of the molecule is CCOC(=O)C1(C#N)N=C(c2ccc(OC)cc2)C=CO1. The number of benzene rings is 1. The highest BCUT2D eigenvalue weighted by Gasteiger charge is 2.44. The Bertz CT molecular complexity index is 628. The van der Waals surface area contributed by atoms with E-state index in [0.29, 0.717) is 11.5 Å². The van der Waals surface area contributed by atoms with Crippen LogP contribution >= 0.6 is 0 Å². The zero-order valence-electron chi connectivity index (χ0n) is 11.7. The molecule has 1 aliphatic rings. The van der Waals surface area contributed by atoms with Crippen LogP contribution in [0.1, 0.15) is 12.5 Å². The number of ether oxygens (including phenoxy) is 3. The largest absolute Gasteiger partial charge is 0.497 e. The number of rotatable bonds is 4. The van der Waals surface area contributed by atoms with Gasteiger partial charge in [0.15, 0.2) is 0 Å². The first-order chi connectivity index (χ1) is 10.1. The van der Waals surface area contributed by atoms with Crippen molar-refractivity contribution in [3.05, 3.63) is 42.2 Å². The molecule has 1 unspecified atom stereocenters. The summed E-state index contributed by atoms with van der Waals surface area (Å²) in [4.78, 5) is 16.0. The van der Waals surface area contributed by atoms with Crippen molar-refractivity contribution < 1.29 is 19.0 Å². The van der Waals surface area contributed by atoms with Gasteiger partial charge in [0, 0.05) is 5.56 Å². The Hall–Kier alpha value is -2.81. The van der Waals surface area contributed by atoms with Gasteiger partial charge >= 0.3 is 11.7 Å². The van der Waals surface area contributed by atoms with Crippen LogP contribution in [0.3, 0.4) is 0 Å². The highest BCUT2D eigenvalue weighted by atomic mass is 16.6. The van der Waals surface area contributed by atoms with Gasteiger partial charge < -0.3 is 14.2 Å². The molecule has 1 heterocycles. The molecule has 0 fully saturated rings. The molecule has 0 N–H and O–H groups in total. The molecule has 108 valence electrons. The topological polar surface area (TPSA) is 80.9 Å². The van der Waals surface area contributed by atoms with E-state index in [1.54, 1.807) is 50.4 Å². The number of hydrogen-bond donors (Lipinski definition) is 0. The maximum Gasteiger partial charge on any atom is 0.390 e. The Morgan fingerprint density at radius 1 is 1.43 bits per heavy atom. The molecular weight excluding hydrogens is 272 g/mol. The molecular formula is C15H14N2O4. The second-order valence-corrected chi connectivity index (χ2v) is 4.12. The molecule has 6 nitrogen and oxygen atoms in total. The molecule has 0 aliphatic carbocycles. The number of methoxy groups -OCH3 is 1. The van der Waals surface area contributed by atoms with Crippen LogP contribution in [0.5, 0.6) is 5.75 Å². The number of nitrogens with zero attached hydrogens (tertiary/aromatic N) is 2. The first-order valence-electron chi connectivity index (χ1n) is 6.32. The van der Waals surface area contributed by atoms with Gasteiger partial charge in [-0.2, -0.15) is 5.26 Å². The molecule has 1 aromatic rings. The molecule has 21 heavy (non-hydrogen) atoms. The van der Waals surface area contributed by atoms with Gasteiger partial charge in [0.2, 0.25) is 0 Å². The van der Waals surface area contributed by atoms with Crippen molar-refractivity contribution in [2.75, 3.05) is 13.7 Å². The van der Waals surface area contributed by atoms with E-state index in [9.17, 15) is 10.1 Å². The molecule has 0 amide bonds. The average Bonchev–Trinajstić information content (AvgIpc) is 2.55. The van der Waals surface area contributed by atoms with Crippen molar-refractivity contribution in [1.82, 2.24) is 0 Å². The maximum absolute atomic E-state index is 11.9. The molecule has 0 spiro atoms. The first-order valence-corrected chi connectivity index (χ1v) is 6.32. The zero-order chi connectivity index (χ0) is 15.3. The lowest BCUT2D eigenvalue weighted by molar-refractivity contribution is -0.159. The first kappa shape index (κ1) is 14.6. The third-order valence-electron chi connectivity index (χ3n) is 2.83. The minimum absolute atomic E-state index is 0.142. The highest BCUT2D eigenvalue weighted by molar-refractivity contribution is 6.10. The number of esters is 1. The molecule has 0 bridgehead atoms. The van der Waals surface area contributed by atoms with Crippen molar-refractivity contribution >= 4 is 11.7 Å². The van der Waals surface area contributed by atoms with E-state index >= 15 is 0 Å². The summed E-state index contributed by atoms with van der Waals surface area (Å²) >= 11 is 0. The zero-order valence-corrected chi connectivity index (χ0v) is 11.7. The lowest BCUT2D eigenvalue weighted by Gasteiger charge is -2.23. The summed E-state index contributed by atoms with van der Waals surface area (Å²) in [5, 5.41) is 9.25. The fourth-order valence-corrected chi connectivity index (χ4v) is 1.77. The molecule has 6 heteroatoms. The van der Waals surface area contributed by atoms with E-state index < -0.39 is 11.7 Å². The summed E-state index contributed by atoms with van der Waals surface area (Å²) in [6.07, 6.45) is 2.85. The molecule has 1 aromatic carbocycles. The second kappa shape index (κ2) is 6.09. The number of nitriles is 1. The average molecular weight is 286 g/mol. The summed E-state index contributed by atoms with van der Waals surface area (Å²) in [6, 6.07) is 8.85. The Kier molecular flexibility index (Phi) is 4.24. The maximum atomic E-state index is 11.9. The van der Waals surface area contributed by atoms with Gasteiger partial charge in [-0.05, 0) is 37.3 Å². The number of carbonyl (C=O) groups excluding carboxylic acids is 1. The Morgan fingerprint density at radius 3 is 2.71 bits per heavy atom. The molecule has 0 radical (unpaired) electrons. The van der Waals surface area contributed by atoms with Gasteiger partial charge in [-0.1, -0.05) is 0 Å². The Morgan fingerprint density at radius 2 is 2.14 bits per heavy atom. The van der Waals surface area contributed by atoms with Crippen molar-refractivity contribution in [2.45, 2.75) is 12.6 Å². The van der Waals surface area contributed by atoms with Crippen LogP contribution in [-0.4, -0.2) is 31.1 Å². The summed E-state index contributed by atoms with van der Waals surface area (Å²) in [5.74, 6) is -0.129. The lowest BCUT2D eigenvalue weighted by Crippen LogP contribution is -2.41. The van der Waals surface area contributed by atoms with Gasteiger partial charge in [-0.3, -0.25) is 0 Å². The molecule has 1 atom stereocenters. The van der Waals surface area contributed by atoms with Crippen LogP contribution in [0.15, 0.2) is 41.6 Å². The van der Waals surface area contributed by atoms with E-state index in [2.05, 4.69) is 4.99 Å². The standard InChI is InChI=1S/C15H14N2O4/c1-3-20-14(18)15(10-16)17-13(8-9-21-15)11-4-6-12(19-2)7-5-11/h4-9H,3H2,1-2H3. The third kappa shape index (κ3) is 2.87. The van der Waals surface area contributed by atoms with Crippen LogP contribution in [0.25, 0.3) is 0 Å². The number of hydrogen-bond acceptors (Lipinski definition) is 6. The summed E-state index contributed by atoms with van der Waals surface area (Å²) in [5.41, 5.74) is -0.794. The lowest BCUT2D eigenvalue weighted by atomic mass is 10.1. The van der Waals surface area contributed by atoms with Gasteiger partial charge in [0.05, 0.1) is 25.7 Å². The van der Waals surface area contributed by atoms with E-state index in [0.717, 1.165) is 5.56 Å². The molecule has 0 saturated carbocycles. The fraction of sp³-hybridized carbons (Fsp3) is 0.267.